The summed E-state index contributed by atoms with van der Waals surface area (Å²) in [7, 11) is 1.65. The summed E-state index contributed by atoms with van der Waals surface area (Å²) in [6, 6.07) is 7.75. The molecule has 17 heavy (non-hydrogen) atoms. The SMILES string of the molecule is COc1ccccc1C1(C)OCC(CCN)O1. The predicted molar refractivity (Wildman–Crippen MR) is 64.8 cm³/mol. The highest BCUT2D eigenvalue weighted by molar-refractivity contribution is 5.36. The second-order valence-electron chi connectivity index (χ2n) is 4.27. The predicted octanol–water partition coefficient (Wildman–Crippen LogP) is 1.63. The molecule has 0 spiro atoms. The van der Waals surface area contributed by atoms with Crippen LogP contribution >= 0.6 is 0 Å². The summed E-state index contributed by atoms with van der Waals surface area (Å²) >= 11 is 0. The quantitative estimate of drug-likeness (QED) is 0.864. The molecule has 1 aromatic carbocycles. The van der Waals surface area contributed by atoms with Crippen molar-refractivity contribution in [2.75, 3.05) is 20.3 Å². The summed E-state index contributed by atoms with van der Waals surface area (Å²) in [4.78, 5) is 0. The first-order valence-electron chi connectivity index (χ1n) is 5.85. The molecular formula is C13H19NO3. The van der Waals surface area contributed by atoms with Gasteiger partial charge in [0.05, 0.1) is 25.4 Å². The average Bonchev–Trinajstić information content (AvgIpc) is 2.73. The Morgan fingerprint density at radius 1 is 1.47 bits per heavy atom. The second kappa shape index (κ2) is 5.04. The van der Waals surface area contributed by atoms with Gasteiger partial charge in [0, 0.05) is 0 Å². The molecule has 2 unspecified atom stereocenters. The number of ether oxygens (including phenoxy) is 3. The fourth-order valence-corrected chi connectivity index (χ4v) is 2.13. The third-order valence-electron chi connectivity index (χ3n) is 3.02. The van der Waals surface area contributed by atoms with E-state index in [1.807, 2.05) is 31.2 Å². The molecule has 2 atom stereocenters. The van der Waals surface area contributed by atoms with E-state index >= 15 is 0 Å². The molecule has 4 nitrogen and oxygen atoms in total. The van der Waals surface area contributed by atoms with Crippen molar-refractivity contribution in [3.63, 3.8) is 0 Å². The molecule has 1 aliphatic rings. The van der Waals surface area contributed by atoms with Crippen LogP contribution in [0.15, 0.2) is 24.3 Å². The number of hydrogen-bond donors (Lipinski definition) is 1. The fourth-order valence-electron chi connectivity index (χ4n) is 2.13. The third-order valence-corrected chi connectivity index (χ3v) is 3.02. The Hall–Kier alpha value is -1.10. The Bertz CT molecular complexity index is 383. The zero-order valence-corrected chi connectivity index (χ0v) is 10.3. The van der Waals surface area contributed by atoms with Gasteiger partial charge in [-0.2, -0.15) is 0 Å². The topological polar surface area (TPSA) is 53.7 Å². The van der Waals surface area contributed by atoms with Gasteiger partial charge in [0.15, 0.2) is 5.79 Å². The highest BCUT2D eigenvalue weighted by atomic mass is 16.7. The molecular weight excluding hydrogens is 218 g/mol. The first-order valence-corrected chi connectivity index (χ1v) is 5.85. The van der Waals surface area contributed by atoms with E-state index in [-0.39, 0.29) is 6.10 Å². The third kappa shape index (κ3) is 2.44. The van der Waals surface area contributed by atoms with Crippen molar-refractivity contribution in [3.05, 3.63) is 29.8 Å². The minimum atomic E-state index is -0.730. The van der Waals surface area contributed by atoms with Crippen LogP contribution in [-0.4, -0.2) is 26.4 Å². The van der Waals surface area contributed by atoms with Crippen LogP contribution in [0.2, 0.25) is 0 Å². The van der Waals surface area contributed by atoms with Gasteiger partial charge in [-0.25, -0.2) is 0 Å². The van der Waals surface area contributed by atoms with E-state index in [0.29, 0.717) is 13.2 Å². The van der Waals surface area contributed by atoms with Gasteiger partial charge in [0.2, 0.25) is 0 Å². The van der Waals surface area contributed by atoms with Crippen LogP contribution < -0.4 is 10.5 Å². The van der Waals surface area contributed by atoms with Crippen LogP contribution in [0.25, 0.3) is 0 Å². The Morgan fingerprint density at radius 2 is 2.24 bits per heavy atom. The maximum atomic E-state index is 5.94. The van der Waals surface area contributed by atoms with Gasteiger partial charge in [-0.3, -0.25) is 0 Å². The van der Waals surface area contributed by atoms with Crippen LogP contribution in [-0.2, 0) is 15.3 Å². The minimum absolute atomic E-state index is 0.0647. The molecule has 94 valence electrons. The largest absolute Gasteiger partial charge is 0.496 e. The summed E-state index contributed by atoms with van der Waals surface area (Å²) < 4.78 is 17.0. The molecule has 0 aliphatic carbocycles. The summed E-state index contributed by atoms with van der Waals surface area (Å²) in [6.07, 6.45) is 0.875. The van der Waals surface area contributed by atoms with Crippen LogP contribution in [0.3, 0.4) is 0 Å². The van der Waals surface area contributed by atoms with Crippen LogP contribution in [0.5, 0.6) is 5.75 Å². The maximum absolute atomic E-state index is 5.94. The highest BCUT2D eigenvalue weighted by Crippen LogP contribution is 2.39. The number of hydrogen-bond acceptors (Lipinski definition) is 4. The van der Waals surface area contributed by atoms with E-state index in [9.17, 15) is 0 Å². The van der Waals surface area contributed by atoms with Crippen molar-refractivity contribution in [2.24, 2.45) is 5.73 Å². The Balaban J connectivity index is 2.21. The van der Waals surface area contributed by atoms with Gasteiger partial charge in [0.25, 0.3) is 0 Å². The van der Waals surface area contributed by atoms with Gasteiger partial charge >= 0.3 is 0 Å². The molecule has 0 bridgehead atoms. The van der Waals surface area contributed by atoms with Gasteiger partial charge in [-0.15, -0.1) is 0 Å². The lowest BCUT2D eigenvalue weighted by Crippen LogP contribution is -2.25. The van der Waals surface area contributed by atoms with Crippen LogP contribution in [0.1, 0.15) is 18.9 Å². The Kier molecular flexibility index (Phi) is 3.66. The zero-order valence-electron chi connectivity index (χ0n) is 10.3. The molecule has 1 saturated heterocycles. The lowest BCUT2D eigenvalue weighted by molar-refractivity contribution is -0.163. The maximum Gasteiger partial charge on any atom is 0.196 e. The summed E-state index contributed by atoms with van der Waals surface area (Å²) in [6.45, 7) is 3.10. The molecule has 2 N–H and O–H groups in total. The van der Waals surface area contributed by atoms with E-state index in [4.69, 9.17) is 19.9 Å². The highest BCUT2D eigenvalue weighted by Gasteiger charge is 2.40. The Morgan fingerprint density at radius 3 is 2.94 bits per heavy atom. The first kappa shape index (κ1) is 12.4. The lowest BCUT2D eigenvalue weighted by Gasteiger charge is -2.25. The van der Waals surface area contributed by atoms with Crippen molar-refractivity contribution in [1.82, 2.24) is 0 Å². The number of benzene rings is 1. The molecule has 0 radical (unpaired) electrons. The summed E-state index contributed by atoms with van der Waals surface area (Å²) in [5, 5.41) is 0. The molecule has 1 heterocycles. The molecule has 4 heteroatoms. The monoisotopic (exact) mass is 237 g/mol. The lowest BCUT2D eigenvalue weighted by atomic mass is 10.1. The van der Waals surface area contributed by atoms with Crippen molar-refractivity contribution in [3.8, 4) is 5.75 Å². The van der Waals surface area contributed by atoms with Crippen molar-refractivity contribution in [2.45, 2.75) is 25.2 Å². The molecule has 0 aromatic heterocycles. The van der Waals surface area contributed by atoms with Gasteiger partial charge < -0.3 is 19.9 Å². The minimum Gasteiger partial charge on any atom is -0.496 e. The van der Waals surface area contributed by atoms with Crippen LogP contribution in [0, 0.1) is 0 Å². The first-order chi connectivity index (χ1) is 8.19. The van der Waals surface area contributed by atoms with Gasteiger partial charge in [0.1, 0.15) is 5.75 Å². The number of nitrogens with two attached hydrogens (primary N) is 1. The van der Waals surface area contributed by atoms with Crippen molar-refractivity contribution < 1.29 is 14.2 Å². The van der Waals surface area contributed by atoms with E-state index < -0.39 is 5.79 Å². The average molecular weight is 237 g/mol. The van der Waals surface area contributed by atoms with E-state index in [1.165, 1.54) is 0 Å². The molecule has 1 aliphatic heterocycles. The number of methoxy groups -OCH3 is 1. The van der Waals surface area contributed by atoms with Crippen molar-refractivity contribution in [1.29, 1.82) is 0 Å². The Labute approximate surface area is 102 Å². The van der Waals surface area contributed by atoms with Crippen LogP contribution in [0.4, 0.5) is 0 Å². The molecule has 0 saturated carbocycles. The summed E-state index contributed by atoms with van der Waals surface area (Å²) in [5.41, 5.74) is 6.45. The van der Waals surface area contributed by atoms with Gasteiger partial charge in [-0.1, -0.05) is 12.1 Å². The summed E-state index contributed by atoms with van der Waals surface area (Å²) in [5.74, 6) is 0.0512. The normalized spacial score (nSPS) is 28.3. The fraction of sp³-hybridized carbons (Fsp3) is 0.538. The smallest absolute Gasteiger partial charge is 0.196 e. The van der Waals surface area contributed by atoms with E-state index in [2.05, 4.69) is 0 Å². The number of rotatable bonds is 4. The van der Waals surface area contributed by atoms with E-state index in [1.54, 1.807) is 7.11 Å². The van der Waals surface area contributed by atoms with Gasteiger partial charge in [-0.05, 0) is 32.0 Å². The second-order valence-corrected chi connectivity index (χ2v) is 4.27. The molecule has 0 amide bonds. The molecule has 1 aromatic rings. The molecule has 1 fully saturated rings. The standard InChI is InChI=1S/C13H19NO3/c1-13(16-9-10(17-13)7-8-14)11-5-3-4-6-12(11)15-2/h3-6,10H,7-9,14H2,1-2H3. The number of para-hydroxylation sites is 1. The van der Waals surface area contributed by atoms with Crippen molar-refractivity contribution >= 4 is 0 Å². The zero-order chi connectivity index (χ0) is 12.3. The van der Waals surface area contributed by atoms with E-state index in [0.717, 1.165) is 17.7 Å². The molecule has 2 rings (SSSR count).